The van der Waals surface area contributed by atoms with Crippen LogP contribution in [0.1, 0.15) is 41.9 Å². The molecule has 0 aromatic heterocycles. The first-order chi connectivity index (χ1) is 10.0. The molecule has 1 aliphatic rings. The molecule has 0 aliphatic heterocycles. The molecule has 118 valence electrons. The average Bonchev–Trinajstić information content (AvgIpc) is 2.39. The number of allylic oxidation sites excluding steroid dienone is 1. The molecule has 0 aromatic rings. The number of rotatable bonds is 4. The van der Waals surface area contributed by atoms with Gasteiger partial charge in [-0.05, 0) is 39.7 Å². The van der Waals surface area contributed by atoms with E-state index in [1.54, 1.807) is 39.0 Å². The van der Waals surface area contributed by atoms with Crippen molar-refractivity contribution in [3.8, 4) is 0 Å². The van der Waals surface area contributed by atoms with Crippen molar-refractivity contribution in [1.29, 1.82) is 0 Å². The minimum atomic E-state index is -1.17. The zero-order valence-electron chi connectivity index (χ0n) is 13.5. The number of hydrogen-bond donors (Lipinski definition) is 3. The van der Waals surface area contributed by atoms with E-state index in [9.17, 15) is 19.8 Å². The van der Waals surface area contributed by atoms with E-state index in [1.165, 1.54) is 0 Å². The maximum atomic E-state index is 11.7. The van der Waals surface area contributed by atoms with E-state index in [0.29, 0.717) is 6.42 Å². The zero-order valence-corrected chi connectivity index (χ0v) is 12.5. The van der Waals surface area contributed by atoms with Gasteiger partial charge in [0.1, 0.15) is 11.6 Å². The number of carboxylic acids is 1. The highest BCUT2D eigenvalue weighted by Crippen LogP contribution is 2.22. The Labute approximate surface area is 125 Å². The second kappa shape index (κ2) is 6.30. The Morgan fingerprint density at radius 1 is 1.62 bits per heavy atom. The lowest BCUT2D eigenvalue weighted by molar-refractivity contribution is -0.139. The number of alkyl carbamates (subject to hydrolysis) is 1. The summed E-state index contributed by atoms with van der Waals surface area (Å²) in [6, 6.07) is -1.13. The minimum Gasteiger partial charge on any atom is -0.480 e. The highest BCUT2D eigenvalue weighted by molar-refractivity contribution is 5.80. The number of aliphatic carboxylic acids is 1. The summed E-state index contributed by atoms with van der Waals surface area (Å²) < 4.78 is 12.3. The Balaban J connectivity index is 2.64. The fraction of sp³-hybridized carbons (Fsp3) is 0.600. The molecule has 0 spiro atoms. The normalized spacial score (nSPS) is 23.8. The van der Waals surface area contributed by atoms with Gasteiger partial charge in [-0.15, -0.1) is 0 Å². The van der Waals surface area contributed by atoms with Gasteiger partial charge in [0.15, 0.2) is 0 Å². The summed E-state index contributed by atoms with van der Waals surface area (Å²) in [6.45, 7) is 4.68. The van der Waals surface area contributed by atoms with Gasteiger partial charge in [-0.1, -0.05) is 18.2 Å². The number of ether oxygens (including phenoxy) is 1. The number of aliphatic hydroxyl groups is 1. The largest absolute Gasteiger partial charge is 0.480 e. The van der Waals surface area contributed by atoms with Crippen LogP contribution in [0.4, 0.5) is 4.79 Å². The van der Waals surface area contributed by atoms with Crippen LogP contribution < -0.4 is 5.32 Å². The van der Waals surface area contributed by atoms with Crippen molar-refractivity contribution < 1.29 is 25.9 Å². The predicted molar refractivity (Wildman–Crippen MR) is 77.9 cm³/mol. The summed E-state index contributed by atoms with van der Waals surface area (Å²) in [5.41, 5.74) is -1.18. The zero-order chi connectivity index (χ0) is 17.0. The number of amides is 1. The molecule has 1 amide bonds. The van der Waals surface area contributed by atoms with Crippen molar-refractivity contribution in [2.24, 2.45) is 0 Å². The first-order valence-electron chi connectivity index (χ1n) is 7.37. The Morgan fingerprint density at radius 3 is 2.76 bits per heavy atom. The quantitative estimate of drug-likeness (QED) is 0.737. The SMILES string of the molecule is [2H]CC(C)(C)OC(=O)N[C@@H](CC1=CCC(C)(O)C=C1)C(=O)O. The van der Waals surface area contributed by atoms with Gasteiger partial charge in [-0.25, -0.2) is 9.59 Å². The number of carbonyl (C=O) groups excluding carboxylic acids is 1. The summed E-state index contributed by atoms with van der Waals surface area (Å²) in [7, 11) is 0. The van der Waals surface area contributed by atoms with E-state index >= 15 is 0 Å². The van der Waals surface area contributed by atoms with E-state index in [0.717, 1.165) is 5.57 Å². The molecule has 2 atom stereocenters. The summed E-state index contributed by atoms with van der Waals surface area (Å²) in [6.07, 6.45) is 4.62. The topological polar surface area (TPSA) is 95.9 Å². The molecule has 0 saturated heterocycles. The monoisotopic (exact) mass is 298 g/mol. The van der Waals surface area contributed by atoms with Gasteiger partial charge in [0.2, 0.25) is 0 Å². The third-order valence-corrected chi connectivity index (χ3v) is 2.83. The summed E-state index contributed by atoms with van der Waals surface area (Å²) in [4.78, 5) is 23.0. The van der Waals surface area contributed by atoms with Gasteiger partial charge >= 0.3 is 12.1 Å². The Kier molecular flexibility index (Phi) is 4.67. The van der Waals surface area contributed by atoms with Crippen molar-refractivity contribution in [1.82, 2.24) is 5.32 Å². The van der Waals surface area contributed by atoms with Crippen LogP contribution in [0.5, 0.6) is 0 Å². The van der Waals surface area contributed by atoms with Crippen LogP contribution in [-0.4, -0.2) is 39.5 Å². The molecule has 0 bridgehead atoms. The van der Waals surface area contributed by atoms with Crippen LogP contribution in [0.25, 0.3) is 0 Å². The van der Waals surface area contributed by atoms with Crippen LogP contribution >= 0.6 is 0 Å². The highest BCUT2D eigenvalue weighted by atomic mass is 16.6. The van der Waals surface area contributed by atoms with Gasteiger partial charge in [0.25, 0.3) is 0 Å². The second-order valence-electron chi connectivity index (χ2n) is 6.06. The molecule has 1 rings (SSSR count). The Bertz CT molecular complexity index is 496. The fourth-order valence-electron chi connectivity index (χ4n) is 1.77. The molecule has 0 radical (unpaired) electrons. The van der Waals surface area contributed by atoms with Crippen LogP contribution in [-0.2, 0) is 9.53 Å². The molecular weight excluding hydrogens is 274 g/mol. The average molecular weight is 298 g/mol. The lowest BCUT2D eigenvalue weighted by Crippen LogP contribution is -2.43. The maximum Gasteiger partial charge on any atom is 0.408 e. The van der Waals surface area contributed by atoms with E-state index in [4.69, 9.17) is 6.11 Å². The molecule has 0 fully saturated rings. The molecule has 0 saturated carbocycles. The van der Waals surface area contributed by atoms with Crippen molar-refractivity contribution in [2.45, 2.75) is 57.8 Å². The lowest BCUT2D eigenvalue weighted by atomic mass is 9.91. The van der Waals surface area contributed by atoms with E-state index < -0.39 is 29.3 Å². The number of carbonyl (C=O) groups is 2. The summed E-state index contributed by atoms with van der Waals surface area (Å²) in [5, 5.41) is 21.3. The molecule has 21 heavy (non-hydrogen) atoms. The van der Waals surface area contributed by atoms with Crippen molar-refractivity contribution in [3.63, 3.8) is 0 Å². The molecule has 6 nitrogen and oxygen atoms in total. The standard InChI is InChI=1S/C15H23NO5/c1-14(2,3)21-13(19)16-11(12(17)18)9-10-5-7-15(4,20)8-6-10/h5-7,11,20H,8-9H2,1-4H3,(H,16,19)(H,17,18)/t11-,15?/m0/s1/i1D. The van der Waals surface area contributed by atoms with E-state index in [2.05, 4.69) is 5.32 Å². The molecule has 1 unspecified atom stereocenters. The first kappa shape index (κ1) is 15.6. The van der Waals surface area contributed by atoms with Crippen molar-refractivity contribution >= 4 is 12.1 Å². The molecule has 1 aliphatic carbocycles. The smallest absolute Gasteiger partial charge is 0.408 e. The lowest BCUT2D eigenvalue weighted by Gasteiger charge is -2.24. The highest BCUT2D eigenvalue weighted by Gasteiger charge is 2.26. The van der Waals surface area contributed by atoms with Gasteiger partial charge in [0.05, 0.1) is 5.60 Å². The van der Waals surface area contributed by atoms with Gasteiger partial charge in [-0.3, -0.25) is 0 Å². The van der Waals surface area contributed by atoms with Crippen LogP contribution in [0.3, 0.4) is 0 Å². The first-order valence-corrected chi connectivity index (χ1v) is 6.67. The fourth-order valence-corrected chi connectivity index (χ4v) is 1.77. The van der Waals surface area contributed by atoms with Crippen LogP contribution in [0.2, 0.25) is 0 Å². The third-order valence-electron chi connectivity index (χ3n) is 2.83. The van der Waals surface area contributed by atoms with Gasteiger partial charge in [-0.2, -0.15) is 0 Å². The van der Waals surface area contributed by atoms with E-state index in [-0.39, 0.29) is 13.3 Å². The molecule has 6 heteroatoms. The molecular formula is C15H23NO5. The molecule has 3 N–H and O–H groups in total. The maximum absolute atomic E-state index is 11.7. The van der Waals surface area contributed by atoms with Crippen molar-refractivity contribution in [2.75, 3.05) is 0 Å². The second-order valence-corrected chi connectivity index (χ2v) is 6.06. The summed E-state index contributed by atoms with van der Waals surface area (Å²) in [5.74, 6) is -1.17. The van der Waals surface area contributed by atoms with Crippen molar-refractivity contribution in [3.05, 3.63) is 23.8 Å². The number of carboxylic acid groups (broad SMARTS) is 1. The van der Waals surface area contributed by atoms with E-state index in [1.807, 2.05) is 0 Å². The molecule has 0 aromatic carbocycles. The number of nitrogens with one attached hydrogen (secondary N) is 1. The summed E-state index contributed by atoms with van der Waals surface area (Å²) >= 11 is 0. The third kappa shape index (κ3) is 6.44. The predicted octanol–water partition coefficient (Wildman–Crippen LogP) is 1.99. The van der Waals surface area contributed by atoms with Crippen LogP contribution in [0.15, 0.2) is 23.8 Å². The Hall–Kier alpha value is -1.82. The van der Waals surface area contributed by atoms with Gasteiger partial charge < -0.3 is 20.3 Å². The Morgan fingerprint density at radius 2 is 2.29 bits per heavy atom. The molecule has 0 heterocycles. The minimum absolute atomic E-state index is 0.0956. The number of hydrogen-bond acceptors (Lipinski definition) is 4. The van der Waals surface area contributed by atoms with Crippen LogP contribution in [0, 0.1) is 0 Å². The van der Waals surface area contributed by atoms with Gasteiger partial charge in [0, 0.05) is 7.79 Å².